The van der Waals surface area contributed by atoms with Crippen molar-refractivity contribution in [3.8, 4) is 5.88 Å². The fourth-order valence-electron chi connectivity index (χ4n) is 2.21. The number of hydrogen-bond acceptors (Lipinski definition) is 3. The molecule has 0 spiro atoms. The highest BCUT2D eigenvalue weighted by Gasteiger charge is 2.12. The van der Waals surface area contributed by atoms with Gasteiger partial charge in [-0.2, -0.15) is 0 Å². The van der Waals surface area contributed by atoms with Crippen molar-refractivity contribution in [2.45, 2.75) is 25.8 Å². The van der Waals surface area contributed by atoms with Crippen molar-refractivity contribution in [1.29, 1.82) is 0 Å². The Labute approximate surface area is 131 Å². The molecule has 1 aromatic heterocycles. The number of methoxy groups -OCH3 is 1. The van der Waals surface area contributed by atoms with Gasteiger partial charge in [0.2, 0.25) is 5.88 Å². The Morgan fingerprint density at radius 1 is 1.19 bits per heavy atom. The predicted octanol–water partition coefficient (Wildman–Crippen LogP) is 4.03. The van der Waals surface area contributed by atoms with Crippen LogP contribution in [0.5, 0.6) is 5.88 Å². The summed E-state index contributed by atoms with van der Waals surface area (Å²) in [5.41, 5.74) is 2.42. The molecule has 0 saturated carbocycles. The number of hydrogen-bond donors (Lipinski definition) is 1. The summed E-state index contributed by atoms with van der Waals surface area (Å²) in [5, 5.41) is 4.34. The quantitative estimate of drug-likeness (QED) is 0.838. The van der Waals surface area contributed by atoms with Gasteiger partial charge in [0.05, 0.1) is 7.11 Å². The summed E-state index contributed by atoms with van der Waals surface area (Å²) < 4.78 is 5.10. The lowest BCUT2D eigenvalue weighted by Gasteiger charge is -2.19. The summed E-state index contributed by atoms with van der Waals surface area (Å²) in [6.07, 6.45) is 3.86. The summed E-state index contributed by atoms with van der Waals surface area (Å²) >= 11 is 5.97. The maximum absolute atomic E-state index is 5.97. The fraction of sp³-hybridized carbons (Fsp3) is 0.353. The topological polar surface area (TPSA) is 34.1 Å². The van der Waals surface area contributed by atoms with Crippen LogP contribution in [0.2, 0.25) is 5.02 Å². The van der Waals surface area contributed by atoms with Crippen molar-refractivity contribution in [3.05, 3.63) is 58.7 Å². The number of rotatable bonds is 7. The van der Waals surface area contributed by atoms with E-state index < -0.39 is 0 Å². The molecule has 0 bridgehead atoms. The number of nitrogens with one attached hydrogen (secondary N) is 1. The second-order valence-electron chi connectivity index (χ2n) is 4.97. The summed E-state index contributed by atoms with van der Waals surface area (Å²) in [5.74, 6) is 0.642. The zero-order valence-electron chi connectivity index (χ0n) is 12.5. The second-order valence-corrected chi connectivity index (χ2v) is 5.41. The van der Waals surface area contributed by atoms with Crippen molar-refractivity contribution in [3.63, 3.8) is 0 Å². The van der Waals surface area contributed by atoms with E-state index in [0.717, 1.165) is 24.4 Å². The molecule has 0 radical (unpaired) electrons. The van der Waals surface area contributed by atoms with Crippen LogP contribution in [0, 0.1) is 0 Å². The average molecular weight is 305 g/mol. The number of benzene rings is 1. The lowest BCUT2D eigenvalue weighted by molar-refractivity contribution is 0.397. The van der Waals surface area contributed by atoms with Crippen LogP contribution in [0.15, 0.2) is 42.6 Å². The highest BCUT2D eigenvalue weighted by Crippen LogP contribution is 2.21. The van der Waals surface area contributed by atoms with E-state index in [0.29, 0.717) is 5.88 Å². The zero-order chi connectivity index (χ0) is 15.1. The minimum atomic E-state index is 0.261. The maximum atomic E-state index is 5.97. The van der Waals surface area contributed by atoms with E-state index in [1.54, 1.807) is 7.11 Å². The van der Waals surface area contributed by atoms with Gasteiger partial charge in [0, 0.05) is 23.3 Å². The van der Waals surface area contributed by atoms with Crippen molar-refractivity contribution in [2.24, 2.45) is 0 Å². The van der Waals surface area contributed by atoms with Crippen LogP contribution in [0.4, 0.5) is 0 Å². The predicted molar refractivity (Wildman–Crippen MR) is 87.0 cm³/mol. The molecule has 0 aliphatic rings. The van der Waals surface area contributed by atoms with Gasteiger partial charge in [-0.3, -0.25) is 0 Å². The largest absolute Gasteiger partial charge is 0.481 e. The van der Waals surface area contributed by atoms with E-state index in [2.05, 4.69) is 35.4 Å². The Morgan fingerprint density at radius 2 is 1.95 bits per heavy atom. The lowest BCUT2D eigenvalue weighted by atomic mass is 9.99. The third kappa shape index (κ3) is 4.73. The summed E-state index contributed by atoms with van der Waals surface area (Å²) in [7, 11) is 1.63. The summed E-state index contributed by atoms with van der Waals surface area (Å²) in [6, 6.07) is 12.2. The molecule has 2 rings (SSSR count). The van der Waals surface area contributed by atoms with Crippen molar-refractivity contribution >= 4 is 11.6 Å². The summed E-state index contributed by atoms with van der Waals surface area (Å²) in [6.45, 7) is 3.15. The molecule has 0 amide bonds. The molecule has 4 heteroatoms. The fourth-order valence-corrected chi connectivity index (χ4v) is 2.34. The Morgan fingerprint density at radius 3 is 2.52 bits per heavy atom. The number of pyridine rings is 1. The van der Waals surface area contributed by atoms with E-state index in [1.165, 1.54) is 11.1 Å². The van der Waals surface area contributed by atoms with Gasteiger partial charge in [0.25, 0.3) is 0 Å². The van der Waals surface area contributed by atoms with Gasteiger partial charge in [-0.25, -0.2) is 4.98 Å². The normalized spacial score (nSPS) is 12.1. The molecule has 112 valence electrons. The Bertz CT molecular complexity index is 540. The minimum Gasteiger partial charge on any atom is -0.481 e. The molecule has 1 atom stereocenters. The highest BCUT2D eigenvalue weighted by molar-refractivity contribution is 6.30. The molecular formula is C17H21ClN2O. The molecule has 0 aliphatic heterocycles. The van der Waals surface area contributed by atoms with Crippen LogP contribution >= 0.6 is 11.6 Å². The second kappa shape index (κ2) is 8.01. The Hall–Kier alpha value is -1.58. The first-order valence-electron chi connectivity index (χ1n) is 7.20. The Kier molecular flexibility index (Phi) is 6.03. The van der Waals surface area contributed by atoms with Crippen molar-refractivity contribution in [1.82, 2.24) is 10.3 Å². The first kappa shape index (κ1) is 15.8. The number of ether oxygens (including phenoxy) is 1. The number of halogens is 1. The van der Waals surface area contributed by atoms with Gasteiger partial charge in [0.1, 0.15) is 0 Å². The minimum absolute atomic E-state index is 0.261. The third-order valence-corrected chi connectivity index (χ3v) is 3.61. The van der Waals surface area contributed by atoms with Gasteiger partial charge < -0.3 is 10.1 Å². The van der Waals surface area contributed by atoms with Crippen LogP contribution in [0.25, 0.3) is 0 Å². The molecule has 1 N–H and O–H groups in total. The molecule has 21 heavy (non-hydrogen) atoms. The first-order chi connectivity index (χ1) is 10.2. The van der Waals surface area contributed by atoms with Crippen LogP contribution < -0.4 is 10.1 Å². The molecule has 1 aromatic carbocycles. The molecule has 2 aromatic rings. The van der Waals surface area contributed by atoms with E-state index in [1.807, 2.05) is 24.4 Å². The van der Waals surface area contributed by atoms with Gasteiger partial charge in [-0.15, -0.1) is 0 Å². The van der Waals surface area contributed by atoms with Crippen LogP contribution in [0.1, 0.15) is 30.5 Å². The molecular weight excluding hydrogens is 284 g/mol. The van der Waals surface area contributed by atoms with Gasteiger partial charge in [-0.1, -0.05) is 36.7 Å². The lowest BCUT2D eigenvalue weighted by Crippen LogP contribution is -2.24. The van der Waals surface area contributed by atoms with Crippen LogP contribution in [-0.4, -0.2) is 18.6 Å². The number of aromatic nitrogens is 1. The number of nitrogens with zero attached hydrogens (tertiary/aromatic N) is 1. The first-order valence-corrected chi connectivity index (χ1v) is 7.58. The van der Waals surface area contributed by atoms with Crippen molar-refractivity contribution < 1.29 is 4.74 Å². The zero-order valence-corrected chi connectivity index (χ0v) is 13.2. The van der Waals surface area contributed by atoms with Gasteiger partial charge >= 0.3 is 0 Å². The molecule has 1 heterocycles. The summed E-state index contributed by atoms with van der Waals surface area (Å²) in [4.78, 5) is 4.27. The van der Waals surface area contributed by atoms with E-state index in [-0.39, 0.29) is 6.04 Å². The maximum Gasteiger partial charge on any atom is 0.212 e. The average Bonchev–Trinajstić information content (AvgIpc) is 2.53. The SMILES string of the molecule is CCCNC(Cc1ccc(OC)nc1)c1ccc(Cl)cc1. The van der Waals surface area contributed by atoms with E-state index in [4.69, 9.17) is 16.3 Å². The van der Waals surface area contributed by atoms with Gasteiger partial charge in [0.15, 0.2) is 0 Å². The monoisotopic (exact) mass is 304 g/mol. The molecule has 3 nitrogen and oxygen atoms in total. The van der Waals surface area contributed by atoms with Gasteiger partial charge in [-0.05, 0) is 42.6 Å². The Balaban J connectivity index is 2.13. The standard InChI is InChI=1S/C17H21ClN2O/c1-3-10-19-16(14-5-7-15(18)8-6-14)11-13-4-9-17(21-2)20-12-13/h4-9,12,16,19H,3,10-11H2,1-2H3. The van der Waals surface area contributed by atoms with Crippen molar-refractivity contribution in [2.75, 3.05) is 13.7 Å². The van der Waals surface area contributed by atoms with E-state index >= 15 is 0 Å². The molecule has 0 saturated heterocycles. The smallest absolute Gasteiger partial charge is 0.212 e. The molecule has 0 aliphatic carbocycles. The van der Waals surface area contributed by atoms with E-state index in [9.17, 15) is 0 Å². The molecule has 1 unspecified atom stereocenters. The third-order valence-electron chi connectivity index (χ3n) is 3.36. The van der Waals surface area contributed by atoms with Crippen LogP contribution in [0.3, 0.4) is 0 Å². The highest BCUT2D eigenvalue weighted by atomic mass is 35.5. The molecule has 0 fully saturated rings. The van der Waals surface area contributed by atoms with Crippen LogP contribution in [-0.2, 0) is 6.42 Å².